The number of ether oxygens (including phenoxy) is 2. The van der Waals surface area contributed by atoms with Gasteiger partial charge in [0.25, 0.3) is 0 Å². The van der Waals surface area contributed by atoms with E-state index in [9.17, 15) is 18.0 Å². The lowest BCUT2D eigenvalue weighted by Crippen LogP contribution is -2.54. The number of nitrogens with one attached hydrogen (secondary N) is 1. The Morgan fingerprint density at radius 1 is 1.53 bits per heavy atom. The third kappa shape index (κ3) is 4.49. The van der Waals surface area contributed by atoms with Gasteiger partial charge in [0.15, 0.2) is 6.23 Å². The summed E-state index contributed by atoms with van der Waals surface area (Å²) in [4.78, 5) is 12.4. The predicted octanol–water partition coefficient (Wildman–Crippen LogP) is -0.0304. The van der Waals surface area contributed by atoms with E-state index in [1.807, 2.05) is 0 Å². The summed E-state index contributed by atoms with van der Waals surface area (Å²) in [6.45, 7) is 2.14. The minimum atomic E-state index is -4.95. The molecule has 0 aromatic carbocycles. The minimum Gasteiger partial charge on any atom is -0.438 e. The van der Waals surface area contributed by atoms with Crippen LogP contribution in [0, 0.1) is 0 Å². The Morgan fingerprint density at radius 3 is 2.82 bits per heavy atom. The monoisotopic (exact) mass is 256 g/mol. The van der Waals surface area contributed by atoms with Crippen molar-refractivity contribution in [3.8, 4) is 0 Å². The zero-order valence-electron chi connectivity index (χ0n) is 9.42. The number of carbonyl (C=O) groups excluding carboxylic acids is 1. The molecule has 1 fully saturated rings. The molecule has 0 spiro atoms. The van der Waals surface area contributed by atoms with Crippen LogP contribution in [0.15, 0.2) is 0 Å². The number of hydrogen-bond acceptors (Lipinski definition) is 5. The minimum absolute atomic E-state index is 0.186. The van der Waals surface area contributed by atoms with Crippen LogP contribution >= 0.6 is 0 Å². The highest BCUT2D eigenvalue weighted by atomic mass is 19.4. The van der Waals surface area contributed by atoms with Gasteiger partial charge in [-0.05, 0) is 0 Å². The van der Waals surface area contributed by atoms with Crippen LogP contribution in [0.5, 0.6) is 0 Å². The number of nitrogens with zero attached hydrogens (tertiary/aromatic N) is 1. The van der Waals surface area contributed by atoms with E-state index in [2.05, 4.69) is 10.1 Å². The molecular weight excluding hydrogens is 241 g/mol. The first-order chi connectivity index (χ1) is 7.95. The summed E-state index contributed by atoms with van der Waals surface area (Å²) in [5.41, 5.74) is 0. The zero-order valence-corrected chi connectivity index (χ0v) is 9.42. The predicted molar refractivity (Wildman–Crippen MR) is 52.3 cm³/mol. The molecular formula is C9H15F3N2O3. The molecule has 1 saturated heterocycles. The number of rotatable bonds is 4. The molecule has 0 amide bonds. The molecule has 17 heavy (non-hydrogen) atoms. The van der Waals surface area contributed by atoms with Crippen molar-refractivity contribution in [3.63, 3.8) is 0 Å². The van der Waals surface area contributed by atoms with Gasteiger partial charge in [-0.2, -0.15) is 13.2 Å². The van der Waals surface area contributed by atoms with Gasteiger partial charge in [0.05, 0.1) is 6.61 Å². The van der Waals surface area contributed by atoms with Crippen LogP contribution in [0.3, 0.4) is 0 Å². The molecule has 1 aliphatic rings. The average molecular weight is 256 g/mol. The van der Waals surface area contributed by atoms with Gasteiger partial charge in [-0.15, -0.1) is 0 Å². The van der Waals surface area contributed by atoms with Crippen molar-refractivity contribution in [2.24, 2.45) is 0 Å². The highest BCUT2D eigenvalue weighted by Gasteiger charge is 2.43. The van der Waals surface area contributed by atoms with Crippen molar-refractivity contribution < 1.29 is 27.4 Å². The SMILES string of the molecule is COCCN1CCNCC1OC(=O)C(F)(F)F. The van der Waals surface area contributed by atoms with Crippen molar-refractivity contribution in [2.45, 2.75) is 12.4 Å². The van der Waals surface area contributed by atoms with E-state index < -0.39 is 18.4 Å². The van der Waals surface area contributed by atoms with Crippen LogP contribution in [0.2, 0.25) is 0 Å². The second-order valence-corrected chi connectivity index (χ2v) is 3.59. The van der Waals surface area contributed by atoms with E-state index in [-0.39, 0.29) is 6.54 Å². The fourth-order valence-corrected chi connectivity index (χ4v) is 1.49. The van der Waals surface area contributed by atoms with Crippen LogP contribution in [0.4, 0.5) is 13.2 Å². The van der Waals surface area contributed by atoms with Gasteiger partial charge < -0.3 is 14.8 Å². The molecule has 1 aliphatic heterocycles. The molecule has 1 atom stereocenters. The number of alkyl halides is 3. The van der Waals surface area contributed by atoms with Crippen molar-refractivity contribution in [1.29, 1.82) is 0 Å². The summed E-state index contributed by atoms with van der Waals surface area (Å²) in [6.07, 6.45) is -5.85. The van der Waals surface area contributed by atoms with Gasteiger partial charge in [-0.1, -0.05) is 0 Å². The second kappa shape index (κ2) is 6.18. The molecule has 0 bridgehead atoms. The van der Waals surface area contributed by atoms with Crippen molar-refractivity contribution in [1.82, 2.24) is 10.2 Å². The summed E-state index contributed by atoms with van der Waals surface area (Å²) in [7, 11) is 1.50. The number of piperazine rings is 1. The van der Waals surface area contributed by atoms with E-state index in [4.69, 9.17) is 4.74 Å². The van der Waals surface area contributed by atoms with Gasteiger partial charge in [0.1, 0.15) is 0 Å². The Labute approximate surface area is 96.8 Å². The molecule has 1 N–H and O–H groups in total. The largest absolute Gasteiger partial charge is 0.490 e. The third-order valence-electron chi connectivity index (χ3n) is 2.36. The van der Waals surface area contributed by atoms with Gasteiger partial charge >= 0.3 is 12.1 Å². The van der Waals surface area contributed by atoms with Gasteiger partial charge in [-0.3, -0.25) is 4.90 Å². The van der Waals surface area contributed by atoms with Crippen LogP contribution in [0.25, 0.3) is 0 Å². The average Bonchev–Trinajstić information content (AvgIpc) is 2.26. The lowest BCUT2D eigenvalue weighted by Gasteiger charge is -2.35. The quantitative estimate of drug-likeness (QED) is 0.716. The van der Waals surface area contributed by atoms with E-state index in [1.54, 1.807) is 4.90 Å². The fraction of sp³-hybridized carbons (Fsp3) is 0.889. The van der Waals surface area contributed by atoms with E-state index in [1.165, 1.54) is 7.11 Å². The molecule has 1 heterocycles. The maximum absolute atomic E-state index is 12.0. The molecule has 0 aromatic rings. The van der Waals surface area contributed by atoms with E-state index in [0.29, 0.717) is 26.2 Å². The van der Waals surface area contributed by atoms with Crippen LogP contribution in [-0.2, 0) is 14.3 Å². The lowest BCUT2D eigenvalue weighted by molar-refractivity contribution is -0.214. The summed E-state index contributed by atoms with van der Waals surface area (Å²) < 4.78 is 45.4. The van der Waals surface area contributed by atoms with Crippen molar-refractivity contribution in [3.05, 3.63) is 0 Å². The smallest absolute Gasteiger partial charge is 0.438 e. The Morgan fingerprint density at radius 2 is 2.24 bits per heavy atom. The Hall–Kier alpha value is -0.860. The number of hydrogen-bond donors (Lipinski definition) is 1. The van der Waals surface area contributed by atoms with Crippen molar-refractivity contribution >= 4 is 5.97 Å². The third-order valence-corrected chi connectivity index (χ3v) is 2.36. The molecule has 100 valence electrons. The zero-order chi connectivity index (χ0) is 12.9. The maximum atomic E-state index is 12.0. The summed E-state index contributed by atoms with van der Waals surface area (Å²) in [5.74, 6) is -2.16. The number of methoxy groups -OCH3 is 1. The maximum Gasteiger partial charge on any atom is 0.490 e. The Kier molecular flexibility index (Phi) is 5.16. The number of carbonyl (C=O) groups is 1. The summed E-state index contributed by atoms with van der Waals surface area (Å²) in [5, 5.41) is 2.87. The number of halogens is 3. The normalized spacial score (nSPS) is 22.5. The molecule has 0 aromatic heterocycles. The van der Waals surface area contributed by atoms with Crippen LogP contribution < -0.4 is 5.32 Å². The fourth-order valence-electron chi connectivity index (χ4n) is 1.49. The van der Waals surface area contributed by atoms with Gasteiger partial charge in [0, 0.05) is 33.3 Å². The number of esters is 1. The van der Waals surface area contributed by atoms with Gasteiger partial charge in [0.2, 0.25) is 0 Å². The standard InChI is InChI=1S/C9H15F3N2O3/c1-16-5-4-14-3-2-13-6-7(14)17-8(15)9(10,11)12/h7,13H,2-6H2,1H3. The van der Waals surface area contributed by atoms with E-state index in [0.717, 1.165) is 0 Å². The highest BCUT2D eigenvalue weighted by Crippen LogP contribution is 2.18. The molecule has 5 nitrogen and oxygen atoms in total. The lowest BCUT2D eigenvalue weighted by atomic mass is 10.3. The second-order valence-electron chi connectivity index (χ2n) is 3.59. The molecule has 0 saturated carbocycles. The van der Waals surface area contributed by atoms with E-state index >= 15 is 0 Å². The first kappa shape index (κ1) is 14.2. The topological polar surface area (TPSA) is 50.8 Å². The molecule has 0 aliphatic carbocycles. The first-order valence-electron chi connectivity index (χ1n) is 5.16. The molecule has 8 heteroatoms. The van der Waals surface area contributed by atoms with Crippen molar-refractivity contribution in [2.75, 3.05) is 39.9 Å². The van der Waals surface area contributed by atoms with Crippen LogP contribution in [-0.4, -0.2) is 63.2 Å². The van der Waals surface area contributed by atoms with Crippen LogP contribution in [0.1, 0.15) is 0 Å². The molecule has 1 unspecified atom stereocenters. The Balaban J connectivity index is 2.50. The molecule has 1 rings (SSSR count). The summed E-state index contributed by atoms with van der Waals surface area (Å²) >= 11 is 0. The first-order valence-corrected chi connectivity index (χ1v) is 5.16. The van der Waals surface area contributed by atoms with Gasteiger partial charge in [-0.25, -0.2) is 4.79 Å². The molecule has 0 radical (unpaired) electrons. The highest BCUT2D eigenvalue weighted by molar-refractivity contribution is 5.75. The summed E-state index contributed by atoms with van der Waals surface area (Å²) in [6, 6.07) is 0. The Bertz CT molecular complexity index is 260.